The van der Waals surface area contributed by atoms with E-state index in [1.807, 2.05) is 6.92 Å². The van der Waals surface area contributed by atoms with E-state index in [0.717, 1.165) is 37.0 Å². The number of ether oxygens (including phenoxy) is 1. The third-order valence-electron chi connectivity index (χ3n) is 4.92. The largest absolute Gasteiger partial charge is 0.465 e. The van der Waals surface area contributed by atoms with Crippen LogP contribution in [0.4, 0.5) is 0 Å². The first-order valence-corrected chi connectivity index (χ1v) is 9.61. The van der Waals surface area contributed by atoms with Gasteiger partial charge in [0.25, 0.3) is 0 Å². The lowest BCUT2D eigenvalue weighted by molar-refractivity contribution is -0.151. The lowest BCUT2D eigenvalue weighted by Crippen LogP contribution is -2.51. The summed E-state index contributed by atoms with van der Waals surface area (Å²) in [5.74, 6) is 0.841. The van der Waals surface area contributed by atoms with Gasteiger partial charge in [-0.25, -0.2) is 0 Å². The van der Waals surface area contributed by atoms with Crippen LogP contribution in [0.2, 0.25) is 0 Å². The second-order valence-corrected chi connectivity index (χ2v) is 8.33. The minimum Gasteiger partial charge on any atom is -0.465 e. The molecule has 0 saturated heterocycles. The summed E-state index contributed by atoms with van der Waals surface area (Å²) in [6, 6.07) is 0. The van der Waals surface area contributed by atoms with Crippen LogP contribution in [0, 0.1) is 5.92 Å². The van der Waals surface area contributed by atoms with Crippen LogP contribution in [0.15, 0.2) is 0 Å². The molecule has 0 radical (unpaired) electrons. The van der Waals surface area contributed by atoms with E-state index < -0.39 is 5.54 Å². The summed E-state index contributed by atoms with van der Waals surface area (Å²) in [5.41, 5.74) is -0.414. The Morgan fingerprint density at radius 3 is 2.76 bits per heavy atom. The van der Waals surface area contributed by atoms with Gasteiger partial charge < -0.3 is 10.1 Å². The molecular formula is C17H31NO2S. The van der Waals surface area contributed by atoms with Crippen molar-refractivity contribution in [1.82, 2.24) is 5.32 Å². The first-order valence-electron chi connectivity index (χ1n) is 8.67. The first kappa shape index (κ1) is 17.1. The maximum atomic E-state index is 12.4. The Morgan fingerprint density at radius 1 is 1.29 bits per heavy atom. The lowest BCUT2D eigenvalue weighted by atomic mass is 9.91. The summed E-state index contributed by atoms with van der Waals surface area (Å²) in [6.45, 7) is 7.65. The molecule has 4 unspecified atom stereocenters. The van der Waals surface area contributed by atoms with Crippen LogP contribution in [-0.4, -0.2) is 35.2 Å². The van der Waals surface area contributed by atoms with Gasteiger partial charge in [0.05, 0.1) is 6.61 Å². The lowest BCUT2D eigenvalue weighted by Gasteiger charge is -2.30. The van der Waals surface area contributed by atoms with Crippen molar-refractivity contribution in [2.45, 2.75) is 81.8 Å². The summed E-state index contributed by atoms with van der Waals surface area (Å²) in [7, 11) is 0. The standard InChI is InChI=1S/C17H31NO2S/c1-4-18-17(16(19)20-5-2)10-9-15(12-17)21-14-8-6-7-13(3)11-14/h13-15,18H,4-12H2,1-3H3. The Balaban J connectivity index is 1.91. The van der Waals surface area contributed by atoms with Crippen molar-refractivity contribution in [3.8, 4) is 0 Å². The molecule has 2 fully saturated rings. The second kappa shape index (κ2) is 7.87. The van der Waals surface area contributed by atoms with E-state index in [2.05, 4.69) is 30.9 Å². The van der Waals surface area contributed by atoms with Crippen LogP contribution in [0.25, 0.3) is 0 Å². The van der Waals surface area contributed by atoms with E-state index in [-0.39, 0.29) is 5.97 Å². The van der Waals surface area contributed by atoms with E-state index in [4.69, 9.17) is 4.74 Å². The Labute approximate surface area is 134 Å². The van der Waals surface area contributed by atoms with Gasteiger partial charge in [-0.15, -0.1) is 0 Å². The molecule has 3 nitrogen and oxygen atoms in total. The molecule has 2 aliphatic carbocycles. The number of rotatable bonds is 6. The number of esters is 1. The second-order valence-electron chi connectivity index (χ2n) is 6.73. The summed E-state index contributed by atoms with van der Waals surface area (Å²) in [5, 5.41) is 4.85. The molecule has 0 bridgehead atoms. The van der Waals surface area contributed by atoms with Gasteiger partial charge in [0.15, 0.2) is 0 Å². The highest BCUT2D eigenvalue weighted by Crippen LogP contribution is 2.43. The highest BCUT2D eigenvalue weighted by atomic mass is 32.2. The third-order valence-corrected chi connectivity index (χ3v) is 6.52. The van der Waals surface area contributed by atoms with E-state index in [0.29, 0.717) is 11.9 Å². The van der Waals surface area contributed by atoms with Gasteiger partial charge in [-0.3, -0.25) is 4.79 Å². The maximum absolute atomic E-state index is 12.4. The molecule has 0 aromatic carbocycles. The van der Waals surface area contributed by atoms with Crippen molar-refractivity contribution >= 4 is 17.7 Å². The van der Waals surface area contributed by atoms with Crippen molar-refractivity contribution in [2.24, 2.45) is 5.92 Å². The first-order chi connectivity index (χ1) is 10.1. The number of hydrogen-bond donors (Lipinski definition) is 1. The maximum Gasteiger partial charge on any atom is 0.326 e. The van der Waals surface area contributed by atoms with Gasteiger partial charge in [-0.1, -0.05) is 26.7 Å². The summed E-state index contributed by atoms with van der Waals surface area (Å²) < 4.78 is 5.33. The quantitative estimate of drug-likeness (QED) is 0.758. The van der Waals surface area contributed by atoms with Crippen molar-refractivity contribution in [2.75, 3.05) is 13.2 Å². The van der Waals surface area contributed by atoms with Gasteiger partial charge in [0, 0.05) is 10.5 Å². The molecule has 1 N–H and O–H groups in total. The fourth-order valence-corrected chi connectivity index (χ4v) is 5.84. The van der Waals surface area contributed by atoms with Gasteiger partial charge in [-0.2, -0.15) is 11.8 Å². The third kappa shape index (κ3) is 4.38. The molecule has 0 aromatic heterocycles. The molecule has 2 aliphatic rings. The molecule has 2 saturated carbocycles. The van der Waals surface area contributed by atoms with Crippen LogP contribution in [0.5, 0.6) is 0 Å². The molecule has 2 rings (SSSR count). The molecular weight excluding hydrogens is 282 g/mol. The molecule has 0 aromatic rings. The van der Waals surface area contributed by atoms with Crippen LogP contribution in [0.1, 0.15) is 65.7 Å². The number of thioether (sulfide) groups is 1. The molecule has 0 aliphatic heterocycles. The average Bonchev–Trinajstić information content (AvgIpc) is 2.84. The van der Waals surface area contributed by atoms with Gasteiger partial charge in [0.2, 0.25) is 0 Å². The minimum absolute atomic E-state index is 0.0352. The van der Waals surface area contributed by atoms with Crippen LogP contribution in [0.3, 0.4) is 0 Å². The zero-order chi connectivity index (χ0) is 15.3. The number of hydrogen-bond acceptors (Lipinski definition) is 4. The van der Waals surface area contributed by atoms with Gasteiger partial charge >= 0.3 is 5.97 Å². The molecule has 0 amide bonds. The molecule has 0 heterocycles. The molecule has 21 heavy (non-hydrogen) atoms. The predicted octanol–water partition coefficient (Wildman–Crippen LogP) is 3.76. The number of likely N-dealkylation sites (N-methyl/N-ethyl adjacent to an activating group) is 1. The Kier molecular flexibility index (Phi) is 6.42. The van der Waals surface area contributed by atoms with E-state index in [1.54, 1.807) is 0 Å². The van der Waals surface area contributed by atoms with Crippen molar-refractivity contribution < 1.29 is 9.53 Å². The topological polar surface area (TPSA) is 38.3 Å². The van der Waals surface area contributed by atoms with Crippen molar-refractivity contribution in [3.63, 3.8) is 0 Å². The molecule has 4 atom stereocenters. The normalized spacial score (nSPS) is 36.6. The number of carbonyl (C=O) groups is 1. The highest BCUT2D eigenvalue weighted by Gasteiger charge is 2.46. The zero-order valence-corrected chi connectivity index (χ0v) is 14.6. The zero-order valence-electron chi connectivity index (χ0n) is 13.8. The Bertz CT molecular complexity index is 350. The van der Waals surface area contributed by atoms with Crippen LogP contribution < -0.4 is 5.32 Å². The molecule has 4 heteroatoms. The average molecular weight is 314 g/mol. The van der Waals surface area contributed by atoms with Crippen molar-refractivity contribution in [3.05, 3.63) is 0 Å². The smallest absolute Gasteiger partial charge is 0.326 e. The predicted molar refractivity (Wildman–Crippen MR) is 89.7 cm³/mol. The summed E-state index contributed by atoms with van der Waals surface area (Å²) >= 11 is 2.15. The van der Waals surface area contributed by atoms with Gasteiger partial charge in [0.1, 0.15) is 5.54 Å². The van der Waals surface area contributed by atoms with E-state index >= 15 is 0 Å². The molecule has 122 valence electrons. The fraction of sp³-hybridized carbons (Fsp3) is 0.941. The van der Waals surface area contributed by atoms with Crippen LogP contribution in [-0.2, 0) is 9.53 Å². The van der Waals surface area contributed by atoms with Gasteiger partial charge in [-0.05, 0) is 51.5 Å². The Morgan fingerprint density at radius 2 is 2.10 bits per heavy atom. The molecule has 0 spiro atoms. The SMILES string of the molecule is CCNC1(C(=O)OCC)CCC(SC2CCCC(C)C2)C1. The monoisotopic (exact) mass is 313 g/mol. The van der Waals surface area contributed by atoms with E-state index in [9.17, 15) is 4.79 Å². The van der Waals surface area contributed by atoms with Crippen molar-refractivity contribution in [1.29, 1.82) is 0 Å². The Hall–Kier alpha value is -0.220. The number of carbonyl (C=O) groups excluding carboxylic acids is 1. The summed E-state index contributed by atoms with van der Waals surface area (Å²) in [6.07, 6.45) is 8.50. The highest BCUT2D eigenvalue weighted by molar-refractivity contribution is 8.00. The summed E-state index contributed by atoms with van der Waals surface area (Å²) in [4.78, 5) is 12.4. The number of nitrogens with one attached hydrogen (secondary N) is 1. The van der Waals surface area contributed by atoms with E-state index in [1.165, 1.54) is 25.7 Å². The fourth-order valence-electron chi connectivity index (χ4n) is 3.92. The minimum atomic E-state index is -0.414. The van der Waals surface area contributed by atoms with Crippen LogP contribution >= 0.6 is 11.8 Å².